The van der Waals surface area contributed by atoms with Crippen molar-refractivity contribution >= 4 is 17.6 Å². The number of benzene rings is 2. The molecule has 1 aliphatic heterocycles. The molecule has 0 saturated carbocycles. The first-order valence-electron chi connectivity index (χ1n) is 8.54. The molecule has 0 saturated heterocycles. The predicted molar refractivity (Wildman–Crippen MR) is 98.8 cm³/mol. The fourth-order valence-corrected chi connectivity index (χ4v) is 3.29. The van der Waals surface area contributed by atoms with Gasteiger partial charge in [0.1, 0.15) is 11.8 Å². The van der Waals surface area contributed by atoms with Gasteiger partial charge in [0, 0.05) is 24.3 Å². The van der Waals surface area contributed by atoms with Crippen molar-refractivity contribution in [3.05, 3.63) is 58.7 Å². The maximum absolute atomic E-state index is 12.6. The van der Waals surface area contributed by atoms with Crippen LogP contribution in [0.15, 0.2) is 36.4 Å². The Labute approximate surface area is 152 Å². The second-order valence-electron chi connectivity index (χ2n) is 6.57. The van der Waals surface area contributed by atoms with E-state index in [-0.39, 0.29) is 12.3 Å². The molecule has 6 heteroatoms. The zero-order chi connectivity index (χ0) is 18.8. The molecule has 2 aromatic rings. The van der Waals surface area contributed by atoms with Gasteiger partial charge in [-0.3, -0.25) is 4.79 Å². The monoisotopic (exact) mass is 354 g/mol. The summed E-state index contributed by atoms with van der Waals surface area (Å²) >= 11 is 0. The van der Waals surface area contributed by atoms with Crippen LogP contribution in [0, 0.1) is 13.8 Å². The largest absolute Gasteiger partial charge is 0.508 e. The van der Waals surface area contributed by atoms with Gasteiger partial charge in [0.05, 0.1) is 0 Å². The van der Waals surface area contributed by atoms with Crippen LogP contribution in [0.1, 0.15) is 27.0 Å². The number of amides is 1. The third-order valence-corrected chi connectivity index (χ3v) is 4.99. The summed E-state index contributed by atoms with van der Waals surface area (Å²) in [6.07, 6.45) is 0.868. The van der Waals surface area contributed by atoms with Gasteiger partial charge >= 0.3 is 5.97 Å². The van der Waals surface area contributed by atoms with Gasteiger partial charge in [-0.25, -0.2) is 4.79 Å². The first-order chi connectivity index (χ1) is 12.4. The number of anilines is 1. The van der Waals surface area contributed by atoms with E-state index in [9.17, 15) is 19.8 Å². The number of aliphatic carboxylic acids is 1. The van der Waals surface area contributed by atoms with E-state index in [1.54, 1.807) is 13.8 Å². The number of aromatic hydroxyl groups is 1. The van der Waals surface area contributed by atoms with Gasteiger partial charge < -0.3 is 20.4 Å². The molecule has 1 atom stereocenters. The van der Waals surface area contributed by atoms with Crippen molar-refractivity contribution < 1.29 is 19.8 Å². The lowest BCUT2D eigenvalue weighted by molar-refractivity contribution is -0.139. The van der Waals surface area contributed by atoms with Crippen LogP contribution in [0.3, 0.4) is 0 Å². The number of carbonyl (C=O) groups is 2. The normalized spacial score (nSPS) is 14.0. The molecule has 2 aromatic carbocycles. The van der Waals surface area contributed by atoms with Crippen LogP contribution in [0.25, 0.3) is 0 Å². The van der Waals surface area contributed by atoms with Crippen molar-refractivity contribution in [1.82, 2.24) is 5.32 Å². The highest BCUT2D eigenvalue weighted by Gasteiger charge is 2.27. The van der Waals surface area contributed by atoms with Gasteiger partial charge in [-0.2, -0.15) is 0 Å². The molecule has 0 spiro atoms. The molecule has 1 heterocycles. The number of fused-ring (bicyclic) bond motifs is 1. The number of rotatable bonds is 5. The second-order valence-corrected chi connectivity index (χ2v) is 6.57. The van der Waals surface area contributed by atoms with Crippen molar-refractivity contribution in [2.75, 3.05) is 18.0 Å². The zero-order valence-electron chi connectivity index (χ0n) is 14.8. The van der Waals surface area contributed by atoms with E-state index in [1.807, 2.05) is 29.2 Å². The van der Waals surface area contributed by atoms with E-state index in [0.29, 0.717) is 16.7 Å². The molecular formula is C20H22N2O4. The highest BCUT2D eigenvalue weighted by atomic mass is 16.4. The van der Waals surface area contributed by atoms with Crippen LogP contribution < -0.4 is 10.2 Å². The summed E-state index contributed by atoms with van der Waals surface area (Å²) in [4.78, 5) is 26.3. The molecule has 136 valence electrons. The van der Waals surface area contributed by atoms with Crippen LogP contribution in [0.5, 0.6) is 5.75 Å². The average molecular weight is 354 g/mol. The SMILES string of the molecule is Cc1c(O)ccc(C(=O)NC(CN2CCc3ccccc32)C(=O)O)c1C. The zero-order valence-corrected chi connectivity index (χ0v) is 14.8. The number of para-hydroxylation sites is 1. The highest BCUT2D eigenvalue weighted by Crippen LogP contribution is 2.27. The van der Waals surface area contributed by atoms with Crippen molar-refractivity contribution in [2.24, 2.45) is 0 Å². The Bertz CT molecular complexity index is 863. The Hall–Kier alpha value is -3.02. The molecule has 6 nitrogen and oxygen atoms in total. The van der Waals surface area contributed by atoms with Gasteiger partial charge in [-0.15, -0.1) is 0 Å². The van der Waals surface area contributed by atoms with Crippen LogP contribution in [-0.2, 0) is 11.2 Å². The molecule has 26 heavy (non-hydrogen) atoms. The molecule has 1 unspecified atom stereocenters. The van der Waals surface area contributed by atoms with Crippen molar-refractivity contribution in [1.29, 1.82) is 0 Å². The number of nitrogens with zero attached hydrogens (tertiary/aromatic N) is 1. The Morgan fingerprint density at radius 3 is 2.62 bits per heavy atom. The van der Waals surface area contributed by atoms with Gasteiger partial charge in [-0.1, -0.05) is 18.2 Å². The number of hydrogen-bond acceptors (Lipinski definition) is 4. The Morgan fingerprint density at radius 1 is 1.15 bits per heavy atom. The maximum atomic E-state index is 12.6. The average Bonchev–Trinajstić information content (AvgIpc) is 3.02. The maximum Gasteiger partial charge on any atom is 0.328 e. The number of phenolic OH excluding ortho intramolecular Hbond substituents is 1. The second kappa shape index (κ2) is 7.07. The summed E-state index contributed by atoms with van der Waals surface area (Å²) in [5.41, 5.74) is 3.82. The minimum absolute atomic E-state index is 0.113. The fraction of sp³-hybridized carbons (Fsp3) is 0.300. The Morgan fingerprint density at radius 2 is 1.88 bits per heavy atom. The predicted octanol–water partition coefficient (Wildman–Crippen LogP) is 2.25. The summed E-state index contributed by atoms with van der Waals surface area (Å²) in [6, 6.07) is 9.83. The first kappa shape index (κ1) is 17.8. The van der Waals surface area contributed by atoms with Crippen LogP contribution in [0.2, 0.25) is 0 Å². The summed E-state index contributed by atoms with van der Waals surface area (Å²) in [6.45, 7) is 4.39. The Balaban J connectivity index is 1.77. The lowest BCUT2D eigenvalue weighted by Gasteiger charge is -2.24. The number of phenols is 1. The van der Waals surface area contributed by atoms with E-state index in [2.05, 4.69) is 5.32 Å². The summed E-state index contributed by atoms with van der Waals surface area (Å²) in [5, 5.41) is 21.9. The van der Waals surface area contributed by atoms with E-state index in [1.165, 1.54) is 17.7 Å². The number of carbonyl (C=O) groups excluding carboxylic acids is 1. The molecule has 1 aliphatic rings. The first-order valence-corrected chi connectivity index (χ1v) is 8.54. The smallest absolute Gasteiger partial charge is 0.328 e. The third-order valence-electron chi connectivity index (χ3n) is 4.99. The summed E-state index contributed by atoms with van der Waals surface area (Å²) in [7, 11) is 0. The molecule has 0 aromatic heterocycles. The topological polar surface area (TPSA) is 89.9 Å². The summed E-state index contributed by atoms with van der Waals surface area (Å²) in [5.74, 6) is -1.41. The minimum atomic E-state index is -1.07. The van der Waals surface area contributed by atoms with E-state index in [4.69, 9.17) is 0 Å². The number of nitrogens with one attached hydrogen (secondary N) is 1. The molecule has 1 amide bonds. The molecule has 0 bridgehead atoms. The number of carboxylic acid groups (broad SMARTS) is 1. The van der Waals surface area contributed by atoms with Crippen molar-refractivity contribution in [3.63, 3.8) is 0 Å². The molecule has 0 radical (unpaired) electrons. The van der Waals surface area contributed by atoms with Crippen LogP contribution in [-0.4, -0.2) is 41.2 Å². The lowest BCUT2D eigenvalue weighted by Crippen LogP contribution is -2.48. The lowest BCUT2D eigenvalue weighted by atomic mass is 10.0. The van der Waals surface area contributed by atoms with Crippen molar-refractivity contribution in [2.45, 2.75) is 26.3 Å². The molecule has 0 aliphatic carbocycles. The summed E-state index contributed by atoms with van der Waals surface area (Å²) < 4.78 is 0. The van der Waals surface area contributed by atoms with Gasteiger partial charge in [0.25, 0.3) is 5.91 Å². The van der Waals surface area contributed by atoms with Gasteiger partial charge in [0.2, 0.25) is 0 Å². The molecule has 3 rings (SSSR count). The number of carboxylic acids is 1. The third kappa shape index (κ3) is 3.35. The van der Waals surface area contributed by atoms with Crippen LogP contribution >= 0.6 is 0 Å². The fourth-order valence-electron chi connectivity index (χ4n) is 3.29. The van der Waals surface area contributed by atoms with Crippen LogP contribution in [0.4, 0.5) is 5.69 Å². The Kier molecular flexibility index (Phi) is 4.84. The quantitative estimate of drug-likeness (QED) is 0.766. The van der Waals surface area contributed by atoms with Gasteiger partial charge in [0.15, 0.2) is 0 Å². The van der Waals surface area contributed by atoms with Crippen molar-refractivity contribution in [3.8, 4) is 5.75 Å². The standard InChI is InChI=1S/C20H22N2O4/c1-12-13(2)18(23)8-7-15(12)19(24)21-16(20(25)26)11-22-10-9-14-5-3-4-6-17(14)22/h3-8,16,23H,9-11H2,1-2H3,(H,21,24)(H,25,26). The minimum Gasteiger partial charge on any atom is -0.508 e. The van der Waals surface area contributed by atoms with Gasteiger partial charge in [-0.05, 0) is 55.2 Å². The molecular weight excluding hydrogens is 332 g/mol. The molecule has 3 N–H and O–H groups in total. The van der Waals surface area contributed by atoms with E-state index >= 15 is 0 Å². The molecule has 0 fully saturated rings. The number of hydrogen-bond donors (Lipinski definition) is 3. The van der Waals surface area contributed by atoms with E-state index < -0.39 is 17.9 Å². The highest BCUT2D eigenvalue weighted by molar-refractivity contribution is 5.98. The van der Waals surface area contributed by atoms with E-state index in [0.717, 1.165) is 18.7 Å².